The topological polar surface area (TPSA) is 34.4 Å². The van der Waals surface area contributed by atoms with Gasteiger partial charge in [-0.3, -0.25) is 0 Å². The molecule has 0 saturated heterocycles. The van der Waals surface area contributed by atoms with E-state index in [-0.39, 0.29) is 6.10 Å². The lowest BCUT2D eigenvalue weighted by Gasteiger charge is -2.16. The van der Waals surface area contributed by atoms with E-state index in [1.165, 1.54) is 22.2 Å². The van der Waals surface area contributed by atoms with Crippen molar-refractivity contribution in [3.05, 3.63) is 41.6 Å². The van der Waals surface area contributed by atoms with Gasteiger partial charge in [0.25, 0.3) is 0 Å². The highest BCUT2D eigenvalue weighted by atomic mass is 16.5. The molecule has 100 valence electrons. The first-order valence-electron chi connectivity index (χ1n) is 6.75. The van der Waals surface area contributed by atoms with Gasteiger partial charge in [0.15, 0.2) is 0 Å². The maximum atomic E-state index is 10.3. The maximum absolute atomic E-state index is 10.3. The second-order valence-electron chi connectivity index (χ2n) is 4.96. The molecule has 2 unspecified atom stereocenters. The SMILES string of the molecule is CCn1c2c(c3ccccc31)CC(O)C(OC)C=C2. The Labute approximate surface area is 113 Å². The Bertz CT molecular complexity index is 627. The first kappa shape index (κ1) is 12.5. The second-order valence-corrected chi connectivity index (χ2v) is 4.96. The molecule has 0 aliphatic heterocycles. The number of hydrogen-bond acceptors (Lipinski definition) is 2. The highest BCUT2D eigenvalue weighted by Crippen LogP contribution is 2.31. The summed E-state index contributed by atoms with van der Waals surface area (Å²) in [6.45, 7) is 3.07. The predicted molar refractivity (Wildman–Crippen MR) is 77.2 cm³/mol. The van der Waals surface area contributed by atoms with Crippen LogP contribution in [0.4, 0.5) is 0 Å². The number of hydrogen-bond donors (Lipinski definition) is 1. The Morgan fingerprint density at radius 1 is 1.37 bits per heavy atom. The van der Waals surface area contributed by atoms with Gasteiger partial charge in [0.1, 0.15) is 6.10 Å². The molecule has 0 saturated carbocycles. The van der Waals surface area contributed by atoms with Gasteiger partial charge in [0, 0.05) is 36.7 Å². The zero-order valence-electron chi connectivity index (χ0n) is 11.3. The Balaban J connectivity index is 2.24. The van der Waals surface area contributed by atoms with Crippen LogP contribution in [0, 0.1) is 0 Å². The summed E-state index contributed by atoms with van der Waals surface area (Å²) < 4.78 is 7.62. The fourth-order valence-electron chi connectivity index (χ4n) is 3.02. The van der Waals surface area contributed by atoms with Crippen molar-refractivity contribution in [3.8, 4) is 0 Å². The number of nitrogens with zero attached hydrogens (tertiary/aromatic N) is 1. The smallest absolute Gasteiger partial charge is 0.102 e. The molecule has 1 heterocycles. The normalized spacial score (nSPS) is 22.5. The molecule has 3 heteroatoms. The third-order valence-electron chi connectivity index (χ3n) is 3.94. The van der Waals surface area contributed by atoms with E-state index < -0.39 is 6.10 Å². The highest BCUT2D eigenvalue weighted by molar-refractivity contribution is 5.88. The average Bonchev–Trinajstić information content (AvgIpc) is 2.62. The van der Waals surface area contributed by atoms with Crippen molar-refractivity contribution < 1.29 is 9.84 Å². The van der Waals surface area contributed by atoms with Crippen LogP contribution in [0.5, 0.6) is 0 Å². The van der Waals surface area contributed by atoms with Crippen molar-refractivity contribution >= 4 is 17.0 Å². The summed E-state index contributed by atoms with van der Waals surface area (Å²) in [6, 6.07) is 8.39. The van der Waals surface area contributed by atoms with Crippen LogP contribution < -0.4 is 0 Å². The fraction of sp³-hybridized carbons (Fsp3) is 0.375. The number of methoxy groups -OCH3 is 1. The number of benzene rings is 1. The van der Waals surface area contributed by atoms with E-state index in [1.54, 1.807) is 7.11 Å². The molecule has 0 radical (unpaired) electrons. The van der Waals surface area contributed by atoms with Gasteiger partial charge in [0.05, 0.1) is 6.10 Å². The fourth-order valence-corrected chi connectivity index (χ4v) is 3.02. The summed E-state index contributed by atoms with van der Waals surface area (Å²) in [5, 5.41) is 11.5. The molecule has 0 fully saturated rings. The third kappa shape index (κ3) is 1.90. The van der Waals surface area contributed by atoms with Gasteiger partial charge >= 0.3 is 0 Å². The van der Waals surface area contributed by atoms with Crippen molar-refractivity contribution in [3.63, 3.8) is 0 Å². The lowest BCUT2D eigenvalue weighted by atomic mass is 10.0. The van der Waals surface area contributed by atoms with Crippen LogP contribution in [0.15, 0.2) is 30.3 Å². The van der Waals surface area contributed by atoms with Gasteiger partial charge in [-0.15, -0.1) is 0 Å². The van der Waals surface area contributed by atoms with E-state index in [4.69, 9.17) is 4.74 Å². The molecule has 1 N–H and O–H groups in total. The molecule has 1 aromatic carbocycles. The molecule has 2 atom stereocenters. The van der Waals surface area contributed by atoms with Crippen LogP contribution in [0.25, 0.3) is 17.0 Å². The van der Waals surface area contributed by atoms with Crippen LogP contribution in [0.2, 0.25) is 0 Å². The van der Waals surface area contributed by atoms with Gasteiger partial charge in [0.2, 0.25) is 0 Å². The van der Waals surface area contributed by atoms with Crippen molar-refractivity contribution in [1.29, 1.82) is 0 Å². The van der Waals surface area contributed by atoms with Gasteiger partial charge in [-0.2, -0.15) is 0 Å². The lowest BCUT2D eigenvalue weighted by Crippen LogP contribution is -2.27. The summed E-state index contributed by atoms with van der Waals surface area (Å²) in [6.07, 6.45) is 3.97. The van der Waals surface area contributed by atoms with Crippen LogP contribution in [0.1, 0.15) is 18.2 Å². The molecule has 0 spiro atoms. The summed E-state index contributed by atoms with van der Waals surface area (Å²) in [7, 11) is 1.64. The number of aryl methyl sites for hydroxylation is 1. The van der Waals surface area contributed by atoms with Crippen molar-refractivity contribution in [2.45, 2.75) is 32.1 Å². The third-order valence-corrected chi connectivity index (χ3v) is 3.94. The monoisotopic (exact) mass is 257 g/mol. The van der Waals surface area contributed by atoms with Gasteiger partial charge < -0.3 is 14.4 Å². The summed E-state index contributed by atoms with van der Waals surface area (Å²) in [5.41, 5.74) is 3.66. The standard InChI is InChI=1S/C16H19NO2/c1-3-17-13-7-5-4-6-11(13)12-10-15(18)16(19-2)9-8-14(12)17/h4-9,15-16,18H,3,10H2,1-2H3. The Morgan fingerprint density at radius 2 is 2.16 bits per heavy atom. The van der Waals surface area contributed by atoms with E-state index >= 15 is 0 Å². The summed E-state index contributed by atoms with van der Waals surface area (Å²) in [4.78, 5) is 0. The van der Waals surface area contributed by atoms with Gasteiger partial charge in [-0.1, -0.05) is 24.3 Å². The number of rotatable bonds is 2. The van der Waals surface area contributed by atoms with Crippen LogP contribution in [-0.2, 0) is 17.7 Å². The molecule has 1 aromatic heterocycles. The minimum absolute atomic E-state index is 0.225. The van der Waals surface area contributed by atoms with Crippen LogP contribution >= 0.6 is 0 Å². The number of aliphatic hydroxyl groups excluding tert-OH is 1. The van der Waals surface area contributed by atoms with Crippen molar-refractivity contribution in [2.24, 2.45) is 0 Å². The summed E-state index contributed by atoms with van der Waals surface area (Å²) in [5.74, 6) is 0. The van der Waals surface area contributed by atoms with E-state index in [9.17, 15) is 5.11 Å². The first-order valence-corrected chi connectivity index (χ1v) is 6.75. The largest absolute Gasteiger partial charge is 0.390 e. The summed E-state index contributed by atoms with van der Waals surface area (Å²) >= 11 is 0. The van der Waals surface area contributed by atoms with Gasteiger partial charge in [-0.25, -0.2) is 0 Å². The van der Waals surface area contributed by atoms with Crippen molar-refractivity contribution in [1.82, 2.24) is 4.57 Å². The van der Waals surface area contributed by atoms with Crippen LogP contribution in [0.3, 0.4) is 0 Å². The highest BCUT2D eigenvalue weighted by Gasteiger charge is 2.24. The molecule has 1 aliphatic rings. The molecule has 3 nitrogen and oxygen atoms in total. The Hall–Kier alpha value is -1.58. The Morgan fingerprint density at radius 3 is 2.89 bits per heavy atom. The van der Waals surface area contributed by atoms with E-state index in [0.717, 1.165) is 6.54 Å². The average molecular weight is 257 g/mol. The quantitative estimate of drug-likeness (QED) is 0.897. The maximum Gasteiger partial charge on any atom is 0.102 e. The zero-order chi connectivity index (χ0) is 13.4. The minimum atomic E-state index is -0.487. The van der Waals surface area contributed by atoms with Crippen molar-refractivity contribution in [2.75, 3.05) is 7.11 Å². The molecular formula is C16H19NO2. The molecular weight excluding hydrogens is 238 g/mol. The molecule has 0 amide bonds. The Kier molecular flexibility index (Phi) is 3.17. The molecule has 0 bridgehead atoms. The number of para-hydroxylation sites is 1. The number of aliphatic hydroxyl groups is 1. The van der Waals surface area contributed by atoms with Crippen LogP contribution in [-0.4, -0.2) is 29.0 Å². The predicted octanol–water partition coefficient (Wildman–Crippen LogP) is 2.61. The van der Waals surface area contributed by atoms with E-state index in [1.807, 2.05) is 6.08 Å². The first-order chi connectivity index (χ1) is 9.26. The number of fused-ring (bicyclic) bond motifs is 3. The molecule has 19 heavy (non-hydrogen) atoms. The lowest BCUT2D eigenvalue weighted by molar-refractivity contribution is 0.0188. The molecule has 2 aromatic rings. The minimum Gasteiger partial charge on any atom is -0.390 e. The molecule has 1 aliphatic carbocycles. The number of aromatic nitrogens is 1. The van der Waals surface area contributed by atoms with E-state index in [2.05, 4.69) is 41.8 Å². The van der Waals surface area contributed by atoms with Gasteiger partial charge in [-0.05, 0) is 24.6 Å². The zero-order valence-corrected chi connectivity index (χ0v) is 11.3. The number of ether oxygens (including phenoxy) is 1. The second kappa shape index (κ2) is 4.83. The van der Waals surface area contributed by atoms with E-state index in [0.29, 0.717) is 6.42 Å². The molecule has 3 rings (SSSR count).